The number of hydrogen-bond acceptors (Lipinski definition) is 5. The normalized spacial score (nSPS) is 18.2. The zero-order valence-electron chi connectivity index (χ0n) is 14.0. The van der Waals surface area contributed by atoms with Crippen molar-refractivity contribution in [1.29, 1.82) is 0 Å². The van der Waals surface area contributed by atoms with Crippen LogP contribution in [0.3, 0.4) is 0 Å². The third kappa shape index (κ3) is 4.16. The van der Waals surface area contributed by atoms with Crippen molar-refractivity contribution in [3.63, 3.8) is 0 Å². The molecule has 2 aromatic rings. The van der Waals surface area contributed by atoms with Gasteiger partial charge in [0.25, 0.3) is 5.91 Å². The molecule has 1 saturated heterocycles. The summed E-state index contributed by atoms with van der Waals surface area (Å²) >= 11 is 7.52. The Morgan fingerprint density at radius 3 is 2.84 bits per heavy atom. The van der Waals surface area contributed by atoms with Gasteiger partial charge in [-0.25, -0.2) is 13.1 Å². The lowest BCUT2D eigenvalue weighted by atomic mass is 10.0. The molecule has 0 bridgehead atoms. The smallest absolute Gasteiger partial charge is 0.276 e. The van der Waals surface area contributed by atoms with Crippen molar-refractivity contribution in [2.75, 3.05) is 12.4 Å². The predicted octanol–water partition coefficient (Wildman–Crippen LogP) is 3.92. The Labute approximate surface area is 156 Å². The number of thiophene rings is 1. The minimum absolute atomic E-state index is 0.210. The van der Waals surface area contributed by atoms with Crippen LogP contribution in [-0.4, -0.2) is 32.8 Å². The molecule has 1 aliphatic rings. The summed E-state index contributed by atoms with van der Waals surface area (Å²) in [5.41, 5.74) is 1.14. The SMILES string of the molecule is CC(C)c1ccc2c(Cl)c(C(=O)NS(=O)(=O)CC3CCCO3)sc2c1. The number of sulfonamides is 1. The van der Waals surface area contributed by atoms with Crippen molar-refractivity contribution in [1.82, 2.24) is 4.72 Å². The van der Waals surface area contributed by atoms with E-state index in [-0.39, 0.29) is 16.7 Å². The van der Waals surface area contributed by atoms with Crippen LogP contribution in [-0.2, 0) is 14.8 Å². The lowest BCUT2D eigenvalue weighted by molar-refractivity contribution is 0.0984. The number of hydrogen-bond donors (Lipinski definition) is 1. The van der Waals surface area contributed by atoms with Crippen LogP contribution in [0.15, 0.2) is 18.2 Å². The van der Waals surface area contributed by atoms with E-state index in [9.17, 15) is 13.2 Å². The second-order valence-corrected chi connectivity index (χ2v) is 9.70. The summed E-state index contributed by atoms with van der Waals surface area (Å²) in [4.78, 5) is 12.7. The molecule has 0 spiro atoms. The van der Waals surface area contributed by atoms with Gasteiger partial charge in [0.15, 0.2) is 0 Å². The highest BCUT2D eigenvalue weighted by Gasteiger charge is 2.27. The fourth-order valence-corrected chi connectivity index (χ4v) is 5.58. The lowest BCUT2D eigenvalue weighted by Crippen LogP contribution is -2.36. The average molecular weight is 402 g/mol. The van der Waals surface area contributed by atoms with Crippen LogP contribution in [0.1, 0.15) is 47.8 Å². The van der Waals surface area contributed by atoms with E-state index in [1.807, 2.05) is 18.2 Å². The van der Waals surface area contributed by atoms with E-state index in [0.717, 1.165) is 22.1 Å². The second-order valence-electron chi connectivity index (χ2n) is 6.50. The van der Waals surface area contributed by atoms with Crippen molar-refractivity contribution in [3.8, 4) is 0 Å². The summed E-state index contributed by atoms with van der Waals surface area (Å²) in [6, 6.07) is 5.84. The summed E-state index contributed by atoms with van der Waals surface area (Å²) in [5.74, 6) is -0.539. The van der Waals surface area contributed by atoms with Crippen LogP contribution in [0, 0.1) is 0 Å². The number of fused-ring (bicyclic) bond motifs is 1. The Hall–Kier alpha value is -1.15. The van der Waals surface area contributed by atoms with Gasteiger partial charge in [0.05, 0.1) is 16.9 Å². The van der Waals surface area contributed by atoms with E-state index in [1.54, 1.807) is 0 Å². The number of carbonyl (C=O) groups excluding carboxylic acids is 1. The topological polar surface area (TPSA) is 72.5 Å². The molecule has 1 N–H and O–H groups in total. The van der Waals surface area contributed by atoms with Crippen molar-refractivity contribution >= 4 is 49.0 Å². The quantitative estimate of drug-likeness (QED) is 0.824. The van der Waals surface area contributed by atoms with Crippen molar-refractivity contribution < 1.29 is 17.9 Å². The van der Waals surface area contributed by atoms with Gasteiger partial charge in [0, 0.05) is 16.7 Å². The van der Waals surface area contributed by atoms with Gasteiger partial charge in [0.2, 0.25) is 10.0 Å². The highest BCUT2D eigenvalue weighted by atomic mass is 35.5. The zero-order valence-corrected chi connectivity index (χ0v) is 16.4. The molecule has 2 heterocycles. The molecular weight excluding hydrogens is 382 g/mol. The fraction of sp³-hybridized carbons (Fsp3) is 0.471. The minimum atomic E-state index is -3.76. The largest absolute Gasteiger partial charge is 0.377 e. The molecule has 136 valence electrons. The number of nitrogens with one attached hydrogen (secondary N) is 1. The lowest BCUT2D eigenvalue weighted by Gasteiger charge is -2.10. The van der Waals surface area contributed by atoms with Crippen LogP contribution in [0.5, 0.6) is 0 Å². The van der Waals surface area contributed by atoms with Crippen molar-refractivity contribution in [3.05, 3.63) is 33.7 Å². The molecule has 1 amide bonds. The molecule has 1 fully saturated rings. The summed E-state index contributed by atoms with van der Waals surface area (Å²) < 4.78 is 32.7. The predicted molar refractivity (Wildman–Crippen MR) is 101 cm³/mol. The third-order valence-electron chi connectivity index (χ3n) is 4.20. The molecule has 0 aliphatic carbocycles. The van der Waals surface area contributed by atoms with Gasteiger partial charge in [-0.2, -0.15) is 0 Å². The molecule has 1 aromatic carbocycles. The number of ether oxygens (including phenoxy) is 1. The molecule has 0 saturated carbocycles. The highest BCUT2D eigenvalue weighted by molar-refractivity contribution is 7.90. The van der Waals surface area contributed by atoms with Gasteiger partial charge >= 0.3 is 0 Å². The molecule has 1 unspecified atom stereocenters. The Bertz CT molecular complexity index is 899. The van der Waals surface area contributed by atoms with E-state index in [1.165, 1.54) is 11.3 Å². The van der Waals surface area contributed by atoms with Gasteiger partial charge < -0.3 is 4.74 Å². The first-order valence-electron chi connectivity index (χ1n) is 8.15. The maximum atomic E-state index is 12.4. The van der Waals surface area contributed by atoms with Gasteiger partial charge in [-0.15, -0.1) is 11.3 Å². The number of rotatable bonds is 5. The molecular formula is C17H20ClNO4S2. The first kappa shape index (κ1) is 18.6. The van der Waals surface area contributed by atoms with Crippen LogP contribution in [0.2, 0.25) is 5.02 Å². The fourth-order valence-electron chi connectivity index (χ4n) is 2.84. The summed E-state index contributed by atoms with van der Waals surface area (Å²) in [5, 5.41) is 1.05. The number of amides is 1. The maximum absolute atomic E-state index is 12.4. The monoisotopic (exact) mass is 401 g/mol. The number of halogens is 1. The van der Waals surface area contributed by atoms with E-state index in [0.29, 0.717) is 24.0 Å². The standard InChI is InChI=1S/C17H20ClNO4S2/c1-10(2)11-5-6-13-14(8-11)24-16(15(13)18)17(20)19-25(21,22)9-12-4-3-7-23-12/h5-6,8,10,12H,3-4,7,9H2,1-2H3,(H,19,20). The van der Waals surface area contributed by atoms with Crippen molar-refractivity contribution in [2.45, 2.75) is 38.7 Å². The van der Waals surface area contributed by atoms with Crippen LogP contribution < -0.4 is 4.72 Å². The van der Waals surface area contributed by atoms with E-state index in [2.05, 4.69) is 18.6 Å². The minimum Gasteiger partial charge on any atom is -0.377 e. The van der Waals surface area contributed by atoms with Gasteiger partial charge in [0.1, 0.15) is 4.88 Å². The van der Waals surface area contributed by atoms with E-state index in [4.69, 9.17) is 16.3 Å². The van der Waals surface area contributed by atoms with Gasteiger partial charge in [-0.1, -0.05) is 37.6 Å². The van der Waals surface area contributed by atoms with Gasteiger partial charge in [-0.3, -0.25) is 4.79 Å². The summed E-state index contributed by atoms with van der Waals surface area (Å²) in [6.07, 6.45) is 1.18. The molecule has 3 rings (SSSR count). The Morgan fingerprint density at radius 1 is 1.44 bits per heavy atom. The Balaban J connectivity index is 1.82. The molecule has 5 nitrogen and oxygen atoms in total. The van der Waals surface area contributed by atoms with Crippen LogP contribution >= 0.6 is 22.9 Å². The molecule has 8 heteroatoms. The number of carbonyl (C=O) groups is 1. The maximum Gasteiger partial charge on any atom is 0.276 e. The Kier molecular flexibility index (Phi) is 5.39. The first-order chi connectivity index (χ1) is 11.8. The Morgan fingerprint density at radius 2 is 2.20 bits per heavy atom. The summed E-state index contributed by atoms with van der Waals surface area (Å²) in [7, 11) is -3.76. The third-order valence-corrected chi connectivity index (χ3v) is 7.17. The molecule has 25 heavy (non-hydrogen) atoms. The number of benzene rings is 1. The average Bonchev–Trinajstić information content (AvgIpc) is 3.14. The molecule has 0 radical (unpaired) electrons. The highest BCUT2D eigenvalue weighted by Crippen LogP contribution is 2.37. The first-order valence-corrected chi connectivity index (χ1v) is 11.0. The van der Waals surface area contributed by atoms with Crippen LogP contribution in [0.4, 0.5) is 0 Å². The molecule has 1 atom stereocenters. The van der Waals surface area contributed by atoms with Crippen LogP contribution in [0.25, 0.3) is 10.1 Å². The van der Waals surface area contributed by atoms with Crippen molar-refractivity contribution in [2.24, 2.45) is 0 Å². The second kappa shape index (κ2) is 7.23. The van der Waals surface area contributed by atoms with E-state index < -0.39 is 15.9 Å². The molecule has 1 aliphatic heterocycles. The van der Waals surface area contributed by atoms with E-state index >= 15 is 0 Å². The zero-order chi connectivity index (χ0) is 18.2. The van der Waals surface area contributed by atoms with Gasteiger partial charge in [-0.05, 0) is 30.4 Å². The summed E-state index contributed by atoms with van der Waals surface area (Å²) in [6.45, 7) is 4.73. The molecule has 1 aromatic heterocycles.